The van der Waals surface area contributed by atoms with Crippen molar-refractivity contribution in [1.82, 2.24) is 5.32 Å². The summed E-state index contributed by atoms with van der Waals surface area (Å²) in [4.78, 5) is 38.0. The van der Waals surface area contributed by atoms with Crippen molar-refractivity contribution in [3.8, 4) is 0 Å². The van der Waals surface area contributed by atoms with Gasteiger partial charge in [-0.05, 0) is 37.0 Å². The number of ether oxygens (including phenoxy) is 1. The van der Waals surface area contributed by atoms with Crippen LogP contribution in [0.15, 0.2) is 54.6 Å². The smallest absolute Gasteiger partial charge is 0.408 e. The van der Waals surface area contributed by atoms with Crippen molar-refractivity contribution in [3.63, 3.8) is 0 Å². The van der Waals surface area contributed by atoms with E-state index in [4.69, 9.17) is 4.74 Å². The third kappa shape index (κ3) is 4.31. The van der Waals surface area contributed by atoms with Crippen molar-refractivity contribution in [2.45, 2.75) is 38.5 Å². The molecule has 146 valence electrons. The van der Waals surface area contributed by atoms with E-state index in [0.717, 1.165) is 11.1 Å². The Morgan fingerprint density at radius 1 is 1.14 bits per heavy atom. The van der Waals surface area contributed by atoms with Gasteiger partial charge in [0, 0.05) is 5.69 Å². The Hall–Kier alpha value is -3.35. The Balaban J connectivity index is 1.68. The molecule has 28 heavy (non-hydrogen) atoms. The zero-order valence-corrected chi connectivity index (χ0v) is 15.5. The van der Waals surface area contributed by atoms with Gasteiger partial charge in [0.15, 0.2) is 0 Å². The number of aliphatic carboxylic acids is 1. The molecule has 0 spiro atoms. The van der Waals surface area contributed by atoms with E-state index in [1.165, 1.54) is 11.8 Å². The van der Waals surface area contributed by atoms with Crippen molar-refractivity contribution >= 4 is 23.7 Å². The molecular weight excluding hydrogens is 360 g/mol. The minimum atomic E-state index is -1.07. The van der Waals surface area contributed by atoms with Gasteiger partial charge in [-0.25, -0.2) is 9.59 Å². The molecule has 1 aliphatic rings. The lowest BCUT2D eigenvalue weighted by Gasteiger charge is -2.36. The van der Waals surface area contributed by atoms with Crippen molar-refractivity contribution in [2.75, 3.05) is 4.90 Å². The summed E-state index contributed by atoms with van der Waals surface area (Å²) in [5.74, 6) is -1.56. The summed E-state index contributed by atoms with van der Waals surface area (Å²) >= 11 is 0. The summed E-state index contributed by atoms with van der Waals surface area (Å²) in [5, 5.41) is 12.0. The number of anilines is 1. The van der Waals surface area contributed by atoms with E-state index in [1.807, 2.05) is 42.5 Å². The summed E-state index contributed by atoms with van der Waals surface area (Å²) in [6.45, 7) is 1.60. The van der Waals surface area contributed by atoms with Gasteiger partial charge in [0.2, 0.25) is 5.91 Å². The number of nitrogens with zero attached hydrogens (tertiary/aromatic N) is 1. The van der Waals surface area contributed by atoms with Gasteiger partial charge in [-0.15, -0.1) is 0 Å². The summed E-state index contributed by atoms with van der Waals surface area (Å²) < 4.78 is 5.14. The number of hydrogen-bond donors (Lipinski definition) is 2. The van der Waals surface area contributed by atoms with Gasteiger partial charge in [0.05, 0.1) is 0 Å². The van der Waals surface area contributed by atoms with Crippen molar-refractivity contribution in [2.24, 2.45) is 0 Å². The van der Waals surface area contributed by atoms with Crippen LogP contribution in [0, 0.1) is 0 Å². The van der Waals surface area contributed by atoms with Gasteiger partial charge in [-0.3, -0.25) is 9.69 Å². The molecule has 2 aromatic carbocycles. The zero-order chi connectivity index (χ0) is 20.1. The molecule has 2 atom stereocenters. The number of amides is 2. The number of para-hydroxylation sites is 1. The molecule has 2 amide bonds. The van der Waals surface area contributed by atoms with Gasteiger partial charge in [-0.1, -0.05) is 48.5 Å². The molecule has 0 aromatic heterocycles. The van der Waals surface area contributed by atoms with E-state index in [0.29, 0.717) is 18.5 Å². The molecule has 0 saturated carbocycles. The van der Waals surface area contributed by atoms with Crippen LogP contribution in [0.5, 0.6) is 0 Å². The highest BCUT2D eigenvalue weighted by Crippen LogP contribution is 2.31. The standard InChI is InChI=1S/C21H22N2O5/c1-14(22-21(27)28-13-15-7-3-2-4-8-15)19(24)23-17-10-6-5-9-16(17)11-12-18(23)20(25)26/h2-10,14,18H,11-13H2,1H3,(H,22,27)(H,25,26)/t14-,18-/m0/s1. The Labute approximate surface area is 162 Å². The third-order valence-corrected chi connectivity index (χ3v) is 4.69. The molecule has 0 fully saturated rings. The maximum Gasteiger partial charge on any atom is 0.408 e. The van der Waals surface area contributed by atoms with E-state index in [9.17, 15) is 19.5 Å². The lowest BCUT2D eigenvalue weighted by molar-refractivity contribution is -0.140. The predicted octanol–water partition coefficient (Wildman–Crippen LogP) is 2.73. The Bertz CT molecular complexity index is 868. The van der Waals surface area contributed by atoms with E-state index < -0.39 is 30.1 Å². The summed E-state index contributed by atoms with van der Waals surface area (Å²) in [6, 6.07) is 14.5. The second-order valence-electron chi connectivity index (χ2n) is 6.66. The fourth-order valence-corrected chi connectivity index (χ4v) is 3.26. The number of alkyl carbamates (subject to hydrolysis) is 1. The van der Waals surface area contributed by atoms with E-state index in [1.54, 1.807) is 12.1 Å². The van der Waals surface area contributed by atoms with Crippen LogP contribution in [0.4, 0.5) is 10.5 Å². The van der Waals surface area contributed by atoms with Gasteiger partial charge < -0.3 is 15.2 Å². The quantitative estimate of drug-likeness (QED) is 0.829. The van der Waals surface area contributed by atoms with E-state index in [-0.39, 0.29) is 6.61 Å². The summed E-state index contributed by atoms with van der Waals surface area (Å²) in [6.07, 6.45) is 0.169. The highest BCUT2D eigenvalue weighted by Gasteiger charge is 2.37. The summed E-state index contributed by atoms with van der Waals surface area (Å²) in [5.41, 5.74) is 2.30. The second-order valence-corrected chi connectivity index (χ2v) is 6.66. The van der Waals surface area contributed by atoms with Crippen LogP contribution in [0.3, 0.4) is 0 Å². The molecule has 0 radical (unpaired) electrons. The largest absolute Gasteiger partial charge is 0.480 e. The molecule has 0 aliphatic carbocycles. The first-order valence-corrected chi connectivity index (χ1v) is 9.08. The molecule has 2 aromatic rings. The number of hydrogen-bond acceptors (Lipinski definition) is 4. The predicted molar refractivity (Wildman–Crippen MR) is 103 cm³/mol. The van der Waals surface area contributed by atoms with Crippen molar-refractivity contribution in [1.29, 1.82) is 0 Å². The van der Waals surface area contributed by atoms with Gasteiger partial charge >= 0.3 is 12.1 Å². The SMILES string of the molecule is C[C@H](NC(=O)OCc1ccccc1)C(=O)N1c2ccccc2CC[C@H]1C(=O)O. The number of aryl methyl sites for hydroxylation is 1. The average Bonchev–Trinajstić information content (AvgIpc) is 2.71. The van der Waals surface area contributed by atoms with E-state index >= 15 is 0 Å². The lowest BCUT2D eigenvalue weighted by atomic mass is 9.95. The molecule has 0 bridgehead atoms. The number of carboxylic acid groups (broad SMARTS) is 1. The fraction of sp³-hybridized carbons (Fsp3) is 0.286. The van der Waals surface area contributed by atoms with Gasteiger partial charge in [0.25, 0.3) is 0 Å². The second kappa shape index (κ2) is 8.56. The minimum Gasteiger partial charge on any atom is -0.480 e. The van der Waals surface area contributed by atoms with Crippen LogP contribution in [0.1, 0.15) is 24.5 Å². The number of fused-ring (bicyclic) bond motifs is 1. The molecule has 7 nitrogen and oxygen atoms in total. The van der Waals surface area contributed by atoms with Gasteiger partial charge in [0.1, 0.15) is 18.7 Å². The van der Waals surface area contributed by atoms with Crippen LogP contribution >= 0.6 is 0 Å². The van der Waals surface area contributed by atoms with Gasteiger partial charge in [-0.2, -0.15) is 0 Å². The van der Waals surface area contributed by atoms with Crippen LogP contribution in [-0.4, -0.2) is 35.2 Å². The molecule has 0 unspecified atom stereocenters. The van der Waals surface area contributed by atoms with Crippen LogP contribution in [0.25, 0.3) is 0 Å². The number of carbonyl (C=O) groups is 3. The third-order valence-electron chi connectivity index (χ3n) is 4.69. The number of carbonyl (C=O) groups excluding carboxylic acids is 2. The number of nitrogens with one attached hydrogen (secondary N) is 1. The molecule has 3 rings (SSSR count). The van der Waals surface area contributed by atoms with Crippen LogP contribution in [-0.2, 0) is 27.4 Å². The monoisotopic (exact) mass is 382 g/mol. The van der Waals surface area contributed by atoms with Crippen molar-refractivity contribution in [3.05, 3.63) is 65.7 Å². The molecule has 1 heterocycles. The van der Waals surface area contributed by atoms with Crippen LogP contribution < -0.4 is 10.2 Å². The molecular formula is C21H22N2O5. The molecule has 7 heteroatoms. The first-order chi connectivity index (χ1) is 13.5. The highest BCUT2D eigenvalue weighted by atomic mass is 16.5. The molecule has 2 N–H and O–H groups in total. The van der Waals surface area contributed by atoms with Crippen molar-refractivity contribution < 1.29 is 24.2 Å². The molecule has 0 saturated heterocycles. The maximum absolute atomic E-state index is 13.0. The Kier molecular flexibility index (Phi) is 5.93. The minimum absolute atomic E-state index is 0.0812. The normalized spacial score (nSPS) is 16.6. The first-order valence-electron chi connectivity index (χ1n) is 9.08. The van der Waals surface area contributed by atoms with Crippen LogP contribution in [0.2, 0.25) is 0 Å². The maximum atomic E-state index is 13.0. The van der Waals surface area contributed by atoms with E-state index in [2.05, 4.69) is 5.32 Å². The Morgan fingerprint density at radius 3 is 2.54 bits per heavy atom. The summed E-state index contributed by atoms with van der Waals surface area (Å²) in [7, 11) is 0. The number of rotatable bonds is 5. The Morgan fingerprint density at radius 2 is 1.82 bits per heavy atom. The average molecular weight is 382 g/mol. The highest BCUT2D eigenvalue weighted by molar-refractivity contribution is 6.03. The zero-order valence-electron chi connectivity index (χ0n) is 15.5. The molecule has 1 aliphatic heterocycles. The lowest BCUT2D eigenvalue weighted by Crippen LogP contribution is -2.55. The number of benzene rings is 2. The first kappa shape index (κ1) is 19.4. The topological polar surface area (TPSA) is 95.9 Å². The number of carboxylic acids is 1. The fourth-order valence-electron chi connectivity index (χ4n) is 3.26.